The molecule has 0 aromatic rings. The van der Waals surface area contributed by atoms with E-state index in [1.165, 1.54) is 12.2 Å². The van der Waals surface area contributed by atoms with Crippen LogP contribution in [0.25, 0.3) is 0 Å². The van der Waals surface area contributed by atoms with Gasteiger partial charge in [-0.05, 0) is 51.1 Å². The summed E-state index contributed by atoms with van der Waals surface area (Å²) in [7, 11) is -1.97. The number of rotatable bonds is 4. The van der Waals surface area contributed by atoms with Crippen molar-refractivity contribution in [3.63, 3.8) is 0 Å². The highest BCUT2D eigenvalue weighted by molar-refractivity contribution is 6.74. The van der Waals surface area contributed by atoms with Crippen molar-refractivity contribution in [2.45, 2.75) is 72.1 Å². The Hall–Kier alpha value is -0.983. The zero-order valence-electron chi connectivity index (χ0n) is 15.6. The standard InChI is InChI=1S/C17H30O5Si/c1-16(2,3)15(19)22-14-10-9-12(18)13(21-14)11-20-23(7,8)17(4,5)6/h9-10,13-14H,11H2,1-8H3/t13-,14-/m0/s1. The zero-order valence-corrected chi connectivity index (χ0v) is 16.6. The Labute approximate surface area is 140 Å². The molecule has 0 N–H and O–H groups in total. The molecule has 0 aromatic heterocycles. The molecule has 1 heterocycles. The highest BCUT2D eigenvalue weighted by atomic mass is 28.4. The van der Waals surface area contributed by atoms with Crippen LogP contribution in [0, 0.1) is 5.41 Å². The van der Waals surface area contributed by atoms with E-state index < -0.39 is 26.1 Å². The SMILES string of the molecule is CC(C)(C)C(=O)O[C@H]1C=CC(=O)[C@H](CO[Si](C)(C)C(C)(C)C)O1. The van der Waals surface area contributed by atoms with Crippen molar-refractivity contribution < 1.29 is 23.5 Å². The second-order valence-corrected chi connectivity index (χ2v) is 13.3. The Balaban J connectivity index is 2.67. The Morgan fingerprint density at radius 1 is 1.22 bits per heavy atom. The predicted octanol–water partition coefficient (Wildman–Crippen LogP) is 3.45. The van der Waals surface area contributed by atoms with Crippen molar-refractivity contribution in [3.8, 4) is 0 Å². The average Bonchev–Trinajstić information content (AvgIpc) is 2.37. The van der Waals surface area contributed by atoms with Gasteiger partial charge in [-0.15, -0.1) is 0 Å². The maximum Gasteiger partial charge on any atom is 0.313 e. The van der Waals surface area contributed by atoms with E-state index in [9.17, 15) is 9.59 Å². The molecule has 0 amide bonds. The fourth-order valence-corrected chi connectivity index (χ4v) is 2.53. The molecule has 0 unspecified atom stereocenters. The van der Waals surface area contributed by atoms with E-state index in [0.717, 1.165) is 0 Å². The van der Waals surface area contributed by atoms with E-state index >= 15 is 0 Å². The largest absolute Gasteiger partial charge is 0.431 e. The van der Waals surface area contributed by atoms with Crippen LogP contribution in [-0.4, -0.2) is 39.1 Å². The quantitative estimate of drug-likeness (QED) is 0.578. The van der Waals surface area contributed by atoms with Crippen LogP contribution in [0.15, 0.2) is 12.2 Å². The fourth-order valence-electron chi connectivity index (χ4n) is 1.53. The van der Waals surface area contributed by atoms with Gasteiger partial charge in [-0.1, -0.05) is 20.8 Å². The van der Waals surface area contributed by atoms with Crippen molar-refractivity contribution in [2.24, 2.45) is 5.41 Å². The van der Waals surface area contributed by atoms with Gasteiger partial charge in [0.2, 0.25) is 6.29 Å². The normalized spacial score (nSPS) is 23.0. The molecule has 0 spiro atoms. The molecule has 0 saturated heterocycles. The Bertz CT molecular complexity index is 482. The molecule has 0 saturated carbocycles. The lowest BCUT2D eigenvalue weighted by molar-refractivity contribution is -0.191. The summed E-state index contributed by atoms with van der Waals surface area (Å²) >= 11 is 0. The van der Waals surface area contributed by atoms with Crippen molar-refractivity contribution in [1.29, 1.82) is 0 Å². The topological polar surface area (TPSA) is 61.8 Å². The number of carbonyl (C=O) groups excluding carboxylic acids is 2. The van der Waals surface area contributed by atoms with E-state index in [1.807, 2.05) is 0 Å². The molecule has 132 valence electrons. The van der Waals surface area contributed by atoms with Gasteiger partial charge >= 0.3 is 5.97 Å². The van der Waals surface area contributed by atoms with Crippen LogP contribution in [0.1, 0.15) is 41.5 Å². The lowest BCUT2D eigenvalue weighted by atomic mass is 9.97. The minimum Gasteiger partial charge on any atom is -0.431 e. The van der Waals surface area contributed by atoms with Gasteiger partial charge in [-0.2, -0.15) is 0 Å². The number of hydrogen-bond donors (Lipinski definition) is 0. The molecule has 1 aliphatic rings. The summed E-state index contributed by atoms with van der Waals surface area (Å²) < 4.78 is 16.9. The Morgan fingerprint density at radius 3 is 2.26 bits per heavy atom. The molecule has 0 bridgehead atoms. The average molecular weight is 343 g/mol. The maximum atomic E-state index is 12.0. The van der Waals surface area contributed by atoms with E-state index in [0.29, 0.717) is 0 Å². The molecule has 0 aromatic carbocycles. The summed E-state index contributed by atoms with van der Waals surface area (Å²) in [6, 6.07) is 0. The van der Waals surface area contributed by atoms with Gasteiger partial charge in [0.25, 0.3) is 0 Å². The fraction of sp³-hybridized carbons (Fsp3) is 0.765. The first kappa shape index (κ1) is 20.1. The molecule has 23 heavy (non-hydrogen) atoms. The smallest absolute Gasteiger partial charge is 0.313 e. The third kappa shape index (κ3) is 5.55. The van der Waals surface area contributed by atoms with Crippen molar-refractivity contribution >= 4 is 20.1 Å². The second kappa shape index (κ2) is 6.87. The second-order valence-electron chi connectivity index (χ2n) is 8.48. The highest BCUT2D eigenvalue weighted by Crippen LogP contribution is 2.36. The number of ether oxygens (including phenoxy) is 2. The molecule has 1 aliphatic heterocycles. The molecule has 0 radical (unpaired) electrons. The predicted molar refractivity (Wildman–Crippen MR) is 91.5 cm³/mol. The van der Waals surface area contributed by atoms with Gasteiger partial charge in [0.05, 0.1) is 12.0 Å². The van der Waals surface area contributed by atoms with Crippen LogP contribution in [0.4, 0.5) is 0 Å². The third-order valence-corrected chi connectivity index (χ3v) is 8.77. The third-order valence-electron chi connectivity index (χ3n) is 4.27. The van der Waals surface area contributed by atoms with Gasteiger partial charge < -0.3 is 13.9 Å². The summed E-state index contributed by atoms with van der Waals surface area (Å²) in [6.45, 7) is 16.1. The van der Waals surface area contributed by atoms with E-state index in [1.54, 1.807) is 20.8 Å². The molecular weight excluding hydrogens is 312 g/mol. The lowest BCUT2D eigenvalue weighted by Gasteiger charge is -2.37. The minimum atomic E-state index is -1.97. The number of hydrogen-bond acceptors (Lipinski definition) is 5. The van der Waals surface area contributed by atoms with Crippen LogP contribution in [-0.2, 0) is 23.5 Å². The lowest BCUT2D eigenvalue weighted by Crippen LogP contribution is -2.46. The molecular formula is C17H30O5Si. The van der Waals surface area contributed by atoms with Crippen molar-refractivity contribution in [1.82, 2.24) is 0 Å². The Kier molecular flexibility index (Phi) is 5.99. The summed E-state index contributed by atoms with van der Waals surface area (Å²) in [6.07, 6.45) is 1.30. The zero-order chi connectivity index (χ0) is 18.1. The highest BCUT2D eigenvalue weighted by Gasteiger charge is 2.39. The van der Waals surface area contributed by atoms with Gasteiger partial charge in [0.1, 0.15) is 6.10 Å². The molecule has 0 fully saturated rings. The summed E-state index contributed by atoms with van der Waals surface area (Å²) in [5.74, 6) is -0.530. The first-order chi connectivity index (χ1) is 10.2. The summed E-state index contributed by atoms with van der Waals surface area (Å²) in [5, 5.41) is 0.0542. The maximum absolute atomic E-state index is 12.0. The van der Waals surface area contributed by atoms with Crippen LogP contribution in [0.5, 0.6) is 0 Å². The molecule has 1 rings (SSSR count). The Morgan fingerprint density at radius 2 is 1.78 bits per heavy atom. The number of ketones is 1. The molecule has 6 heteroatoms. The molecule has 0 aliphatic carbocycles. The van der Waals surface area contributed by atoms with E-state index in [4.69, 9.17) is 13.9 Å². The number of carbonyl (C=O) groups is 2. The first-order valence-electron chi connectivity index (χ1n) is 7.96. The van der Waals surface area contributed by atoms with Gasteiger partial charge in [-0.3, -0.25) is 9.59 Å². The molecule has 2 atom stereocenters. The molecule has 5 nitrogen and oxygen atoms in total. The van der Waals surface area contributed by atoms with Crippen molar-refractivity contribution in [3.05, 3.63) is 12.2 Å². The van der Waals surface area contributed by atoms with E-state index in [2.05, 4.69) is 33.9 Å². The van der Waals surface area contributed by atoms with Crippen LogP contribution >= 0.6 is 0 Å². The van der Waals surface area contributed by atoms with E-state index in [-0.39, 0.29) is 23.4 Å². The minimum absolute atomic E-state index is 0.0542. The summed E-state index contributed by atoms with van der Waals surface area (Å²) in [4.78, 5) is 23.9. The summed E-state index contributed by atoms with van der Waals surface area (Å²) in [5.41, 5.74) is -0.619. The van der Waals surface area contributed by atoms with Crippen LogP contribution in [0.3, 0.4) is 0 Å². The van der Waals surface area contributed by atoms with Gasteiger partial charge in [0, 0.05) is 0 Å². The monoisotopic (exact) mass is 342 g/mol. The van der Waals surface area contributed by atoms with Gasteiger partial charge in [-0.25, -0.2) is 0 Å². The van der Waals surface area contributed by atoms with Crippen molar-refractivity contribution in [2.75, 3.05) is 6.61 Å². The first-order valence-corrected chi connectivity index (χ1v) is 10.9. The van der Waals surface area contributed by atoms with Gasteiger partial charge in [0.15, 0.2) is 14.1 Å². The van der Waals surface area contributed by atoms with Crippen LogP contribution in [0.2, 0.25) is 18.1 Å². The van der Waals surface area contributed by atoms with Crippen LogP contribution < -0.4 is 0 Å². The number of esters is 1.